The van der Waals surface area contributed by atoms with Gasteiger partial charge in [-0.1, -0.05) is 19.1 Å². The first-order chi connectivity index (χ1) is 11.5. The number of carbonyl (C=O) groups excluding carboxylic acids is 1. The van der Waals surface area contributed by atoms with Crippen molar-refractivity contribution in [1.82, 2.24) is 9.55 Å². The monoisotopic (exact) mass is 341 g/mol. The largest absolute Gasteiger partial charge is 0.324 e. The minimum absolute atomic E-state index is 0.0491. The quantitative estimate of drug-likeness (QED) is 0.792. The number of anilines is 1. The van der Waals surface area contributed by atoms with Gasteiger partial charge in [-0.25, -0.2) is 4.98 Å². The Morgan fingerprint density at radius 2 is 2.12 bits per heavy atom. The Morgan fingerprint density at radius 1 is 1.33 bits per heavy atom. The van der Waals surface area contributed by atoms with Crippen LogP contribution in [0.3, 0.4) is 0 Å². The van der Waals surface area contributed by atoms with Crippen molar-refractivity contribution < 1.29 is 4.79 Å². The van der Waals surface area contributed by atoms with Gasteiger partial charge in [-0.05, 0) is 43.5 Å². The molecule has 0 radical (unpaired) electrons. The van der Waals surface area contributed by atoms with Crippen molar-refractivity contribution >= 4 is 33.1 Å². The molecule has 0 saturated carbocycles. The first kappa shape index (κ1) is 16.4. The van der Waals surface area contributed by atoms with Crippen LogP contribution >= 0.6 is 11.3 Å². The van der Waals surface area contributed by atoms with Gasteiger partial charge in [0.1, 0.15) is 11.4 Å². The van der Waals surface area contributed by atoms with Gasteiger partial charge in [-0.15, -0.1) is 11.3 Å². The standard InChI is InChI=1S/C18H19N3O2S/c1-4-13-8-14-17(24-13)19-10-21(18(14)23)9-16(22)20-15-7-5-6-11(2)12(15)3/h5-8,10H,4,9H2,1-3H3,(H,20,22). The number of benzene rings is 1. The lowest BCUT2D eigenvalue weighted by Gasteiger charge is -2.11. The van der Waals surface area contributed by atoms with Gasteiger partial charge in [0.15, 0.2) is 0 Å². The highest BCUT2D eigenvalue weighted by molar-refractivity contribution is 7.18. The Morgan fingerprint density at radius 3 is 2.88 bits per heavy atom. The van der Waals surface area contributed by atoms with E-state index < -0.39 is 0 Å². The molecular weight excluding hydrogens is 322 g/mol. The molecule has 0 aliphatic heterocycles. The van der Waals surface area contributed by atoms with Crippen LogP contribution in [0.25, 0.3) is 10.2 Å². The number of rotatable bonds is 4. The third-order valence-electron chi connectivity index (χ3n) is 4.11. The lowest BCUT2D eigenvalue weighted by Crippen LogP contribution is -2.27. The Kier molecular flexibility index (Phi) is 4.49. The van der Waals surface area contributed by atoms with Crippen molar-refractivity contribution in [3.8, 4) is 0 Å². The van der Waals surface area contributed by atoms with Gasteiger partial charge in [0.05, 0.1) is 11.7 Å². The van der Waals surface area contributed by atoms with E-state index in [1.54, 1.807) is 0 Å². The number of nitrogens with one attached hydrogen (secondary N) is 1. The third kappa shape index (κ3) is 3.10. The molecule has 0 saturated heterocycles. The van der Waals surface area contributed by atoms with Crippen molar-refractivity contribution in [2.45, 2.75) is 33.7 Å². The summed E-state index contributed by atoms with van der Waals surface area (Å²) in [6, 6.07) is 7.62. The number of thiophene rings is 1. The number of aromatic nitrogens is 2. The summed E-state index contributed by atoms with van der Waals surface area (Å²) in [6.07, 6.45) is 2.32. The minimum Gasteiger partial charge on any atom is -0.324 e. The molecule has 3 aromatic rings. The average Bonchev–Trinajstić information content (AvgIpc) is 2.99. The zero-order valence-electron chi connectivity index (χ0n) is 13.9. The third-order valence-corrected chi connectivity index (χ3v) is 5.30. The van der Waals surface area contributed by atoms with E-state index in [1.165, 1.54) is 22.2 Å². The van der Waals surface area contributed by atoms with Gasteiger partial charge in [-0.3, -0.25) is 14.2 Å². The summed E-state index contributed by atoms with van der Waals surface area (Å²) in [5.41, 5.74) is 2.73. The van der Waals surface area contributed by atoms with E-state index in [-0.39, 0.29) is 18.0 Å². The molecule has 1 N–H and O–H groups in total. The molecule has 1 amide bonds. The van der Waals surface area contributed by atoms with Gasteiger partial charge in [-0.2, -0.15) is 0 Å². The number of hydrogen-bond acceptors (Lipinski definition) is 4. The van der Waals surface area contributed by atoms with Crippen molar-refractivity contribution in [1.29, 1.82) is 0 Å². The fourth-order valence-electron chi connectivity index (χ4n) is 2.53. The maximum Gasteiger partial charge on any atom is 0.262 e. The van der Waals surface area contributed by atoms with Crippen LogP contribution in [0.4, 0.5) is 5.69 Å². The predicted octanol–water partition coefficient (Wildman–Crippen LogP) is 3.28. The first-order valence-electron chi connectivity index (χ1n) is 7.83. The molecule has 124 valence electrons. The van der Waals surface area contributed by atoms with E-state index in [1.807, 2.05) is 45.0 Å². The van der Waals surface area contributed by atoms with Crippen molar-refractivity contribution in [2.75, 3.05) is 5.32 Å². The van der Waals surface area contributed by atoms with Gasteiger partial charge in [0.2, 0.25) is 5.91 Å². The molecule has 2 aromatic heterocycles. The normalized spacial score (nSPS) is 11.0. The highest BCUT2D eigenvalue weighted by atomic mass is 32.1. The first-order valence-corrected chi connectivity index (χ1v) is 8.65. The second-order valence-corrected chi connectivity index (χ2v) is 6.87. The molecule has 0 spiro atoms. The summed E-state index contributed by atoms with van der Waals surface area (Å²) >= 11 is 1.52. The fraction of sp³-hybridized carbons (Fsp3) is 0.278. The molecule has 2 heterocycles. The van der Waals surface area contributed by atoms with Gasteiger partial charge >= 0.3 is 0 Å². The second-order valence-electron chi connectivity index (χ2n) is 5.76. The predicted molar refractivity (Wildman–Crippen MR) is 97.8 cm³/mol. The van der Waals surface area contributed by atoms with Crippen LogP contribution < -0.4 is 10.9 Å². The molecule has 0 unspecified atom stereocenters. The van der Waals surface area contributed by atoms with Crippen LogP contribution in [-0.2, 0) is 17.8 Å². The van der Waals surface area contributed by atoms with Crippen LogP contribution in [0.15, 0.2) is 35.4 Å². The molecule has 1 aromatic carbocycles. The Balaban J connectivity index is 1.84. The minimum atomic E-state index is -0.238. The summed E-state index contributed by atoms with van der Waals surface area (Å²) in [7, 11) is 0. The molecule has 6 heteroatoms. The molecule has 0 fully saturated rings. The van der Waals surface area contributed by atoms with E-state index in [2.05, 4.69) is 10.3 Å². The summed E-state index contributed by atoms with van der Waals surface area (Å²) in [6.45, 7) is 5.95. The summed E-state index contributed by atoms with van der Waals surface area (Å²) in [4.78, 5) is 31.0. The molecule has 0 aliphatic rings. The highest BCUT2D eigenvalue weighted by Crippen LogP contribution is 2.21. The van der Waals surface area contributed by atoms with E-state index >= 15 is 0 Å². The second kappa shape index (κ2) is 6.57. The average molecular weight is 341 g/mol. The molecule has 3 rings (SSSR count). The van der Waals surface area contributed by atoms with Crippen molar-refractivity contribution in [2.24, 2.45) is 0 Å². The molecular formula is C18H19N3O2S. The van der Waals surface area contributed by atoms with Crippen LogP contribution in [0, 0.1) is 13.8 Å². The number of aryl methyl sites for hydroxylation is 2. The molecule has 24 heavy (non-hydrogen) atoms. The van der Waals surface area contributed by atoms with Crippen LogP contribution in [0.1, 0.15) is 22.9 Å². The number of carbonyl (C=O) groups is 1. The Labute approximate surface area is 144 Å². The SMILES string of the molecule is CCc1cc2c(=O)n(CC(=O)Nc3cccc(C)c3C)cnc2s1. The lowest BCUT2D eigenvalue weighted by atomic mass is 10.1. The number of hydrogen-bond donors (Lipinski definition) is 1. The lowest BCUT2D eigenvalue weighted by molar-refractivity contribution is -0.116. The molecule has 0 atom stereocenters. The smallest absolute Gasteiger partial charge is 0.262 e. The van der Waals surface area contributed by atoms with Crippen molar-refractivity contribution in [3.05, 3.63) is 57.0 Å². The van der Waals surface area contributed by atoms with E-state index in [4.69, 9.17) is 0 Å². The molecule has 5 nitrogen and oxygen atoms in total. The number of nitrogens with zero attached hydrogens (tertiary/aromatic N) is 2. The van der Waals surface area contributed by atoms with Crippen LogP contribution in [-0.4, -0.2) is 15.5 Å². The van der Waals surface area contributed by atoms with E-state index in [0.29, 0.717) is 5.39 Å². The molecule has 0 aliphatic carbocycles. The Hall–Kier alpha value is -2.47. The molecule has 0 bridgehead atoms. The van der Waals surface area contributed by atoms with Gasteiger partial charge in [0, 0.05) is 10.6 Å². The summed E-state index contributed by atoms with van der Waals surface area (Å²) < 4.78 is 1.36. The topological polar surface area (TPSA) is 64.0 Å². The number of fused-ring (bicyclic) bond motifs is 1. The maximum absolute atomic E-state index is 12.5. The highest BCUT2D eigenvalue weighted by Gasteiger charge is 2.12. The zero-order chi connectivity index (χ0) is 17.3. The van der Waals surface area contributed by atoms with Gasteiger partial charge < -0.3 is 5.32 Å². The maximum atomic E-state index is 12.5. The number of amides is 1. The summed E-state index contributed by atoms with van der Waals surface area (Å²) in [5.74, 6) is -0.238. The van der Waals surface area contributed by atoms with Gasteiger partial charge in [0.25, 0.3) is 5.56 Å². The zero-order valence-corrected chi connectivity index (χ0v) is 14.7. The fourth-order valence-corrected chi connectivity index (χ4v) is 3.45. The van der Waals surface area contributed by atoms with Crippen LogP contribution in [0.5, 0.6) is 0 Å². The van der Waals surface area contributed by atoms with E-state index in [9.17, 15) is 9.59 Å². The summed E-state index contributed by atoms with van der Waals surface area (Å²) in [5, 5.41) is 3.45. The van der Waals surface area contributed by atoms with Crippen LogP contribution in [0.2, 0.25) is 0 Å². The van der Waals surface area contributed by atoms with E-state index in [0.717, 1.165) is 32.9 Å². The Bertz CT molecular complexity index is 972. The van der Waals surface area contributed by atoms with Crippen molar-refractivity contribution in [3.63, 3.8) is 0 Å².